The molecular formula is C4H5Cl3. The number of rotatable bonds is 1. The van der Waals surface area contributed by atoms with Crippen LogP contribution in [0.1, 0.15) is 6.92 Å². The molecule has 0 aromatic rings. The van der Waals surface area contributed by atoms with E-state index in [0.29, 0.717) is 5.88 Å². The molecule has 0 aliphatic rings. The summed E-state index contributed by atoms with van der Waals surface area (Å²) in [6, 6.07) is 0. The number of hydrogen-bond donors (Lipinski definition) is 0. The van der Waals surface area contributed by atoms with Gasteiger partial charge < -0.3 is 0 Å². The van der Waals surface area contributed by atoms with Gasteiger partial charge in [-0.25, -0.2) is 0 Å². The third kappa shape index (κ3) is 3.22. The Hall–Kier alpha value is 0.610. The third-order valence-corrected chi connectivity index (χ3v) is 1.57. The Morgan fingerprint density at radius 2 is 1.86 bits per heavy atom. The van der Waals surface area contributed by atoms with Crippen molar-refractivity contribution in [1.82, 2.24) is 0 Å². The first kappa shape index (κ1) is 7.61. The second kappa shape index (κ2) is 3.59. The van der Waals surface area contributed by atoms with Crippen molar-refractivity contribution < 1.29 is 0 Å². The van der Waals surface area contributed by atoms with Gasteiger partial charge in [-0.05, 0) is 12.5 Å². The molecule has 3 heteroatoms. The normalized spacial score (nSPS) is 8.57. The summed E-state index contributed by atoms with van der Waals surface area (Å²) in [6.07, 6.45) is 0. The predicted molar refractivity (Wildman–Crippen MR) is 35.1 cm³/mol. The van der Waals surface area contributed by atoms with Crippen molar-refractivity contribution in [2.24, 2.45) is 0 Å². The molecule has 0 saturated carbocycles. The van der Waals surface area contributed by atoms with E-state index in [1.54, 1.807) is 6.92 Å². The molecule has 0 spiro atoms. The minimum absolute atomic E-state index is 0.273. The highest BCUT2D eigenvalue weighted by Crippen LogP contribution is 2.13. The van der Waals surface area contributed by atoms with Crippen LogP contribution in [0.15, 0.2) is 10.1 Å². The zero-order chi connectivity index (χ0) is 5.86. The molecule has 0 nitrogen and oxygen atoms in total. The first-order valence-corrected chi connectivity index (χ1v) is 3.04. The van der Waals surface area contributed by atoms with Crippen LogP contribution in [0.2, 0.25) is 0 Å². The zero-order valence-electron chi connectivity index (χ0n) is 3.84. The summed E-state index contributed by atoms with van der Waals surface area (Å²) in [5.74, 6) is 0.405. The summed E-state index contributed by atoms with van der Waals surface area (Å²) in [6.45, 7) is 1.78. The summed E-state index contributed by atoms with van der Waals surface area (Å²) >= 11 is 15.9. The van der Waals surface area contributed by atoms with Crippen molar-refractivity contribution in [1.29, 1.82) is 0 Å². The SMILES string of the molecule is CC(CCl)=C(Cl)Cl. The van der Waals surface area contributed by atoms with Crippen LogP contribution >= 0.6 is 34.8 Å². The fourth-order valence-electron chi connectivity index (χ4n) is 0.0505. The maximum atomic E-state index is 5.32. The Labute approximate surface area is 58.1 Å². The highest BCUT2D eigenvalue weighted by Gasteiger charge is 1.89. The lowest BCUT2D eigenvalue weighted by Gasteiger charge is -1.88. The van der Waals surface area contributed by atoms with Crippen molar-refractivity contribution in [2.45, 2.75) is 6.92 Å². The smallest absolute Gasteiger partial charge is 0.106 e. The van der Waals surface area contributed by atoms with Crippen LogP contribution in [-0.2, 0) is 0 Å². The Bertz CT molecular complexity index is 80.9. The van der Waals surface area contributed by atoms with Crippen LogP contribution < -0.4 is 0 Å². The van der Waals surface area contributed by atoms with Gasteiger partial charge in [0.05, 0.1) is 0 Å². The van der Waals surface area contributed by atoms with E-state index >= 15 is 0 Å². The van der Waals surface area contributed by atoms with Gasteiger partial charge in [-0.3, -0.25) is 0 Å². The molecule has 0 aromatic heterocycles. The molecule has 0 fully saturated rings. The minimum atomic E-state index is 0.273. The Morgan fingerprint density at radius 1 is 1.43 bits per heavy atom. The van der Waals surface area contributed by atoms with E-state index in [0.717, 1.165) is 5.57 Å². The van der Waals surface area contributed by atoms with Crippen LogP contribution in [0.25, 0.3) is 0 Å². The summed E-state index contributed by atoms with van der Waals surface area (Å²) < 4.78 is 0.273. The van der Waals surface area contributed by atoms with Crippen molar-refractivity contribution in [3.05, 3.63) is 10.1 Å². The largest absolute Gasteiger partial charge is 0.122 e. The molecule has 42 valence electrons. The molecule has 0 aliphatic carbocycles. The lowest BCUT2D eigenvalue weighted by Crippen LogP contribution is -1.74. The average Bonchev–Trinajstić information content (AvgIpc) is 1.65. The molecule has 0 rings (SSSR count). The van der Waals surface area contributed by atoms with Crippen LogP contribution in [0.4, 0.5) is 0 Å². The number of halogens is 3. The molecule has 0 atom stereocenters. The van der Waals surface area contributed by atoms with Gasteiger partial charge in [-0.2, -0.15) is 0 Å². The van der Waals surface area contributed by atoms with Crippen LogP contribution in [0.5, 0.6) is 0 Å². The minimum Gasteiger partial charge on any atom is -0.122 e. The molecule has 0 unspecified atom stereocenters. The maximum absolute atomic E-state index is 5.32. The van der Waals surface area contributed by atoms with E-state index in [1.165, 1.54) is 0 Å². The van der Waals surface area contributed by atoms with Gasteiger partial charge in [0.1, 0.15) is 4.49 Å². The lowest BCUT2D eigenvalue weighted by atomic mass is 10.4. The van der Waals surface area contributed by atoms with Gasteiger partial charge in [0.15, 0.2) is 0 Å². The van der Waals surface area contributed by atoms with Crippen molar-refractivity contribution in [2.75, 3.05) is 5.88 Å². The maximum Gasteiger partial charge on any atom is 0.106 e. The van der Waals surface area contributed by atoms with Gasteiger partial charge in [0.25, 0.3) is 0 Å². The summed E-state index contributed by atoms with van der Waals surface area (Å²) in [7, 11) is 0. The van der Waals surface area contributed by atoms with E-state index in [1.807, 2.05) is 0 Å². The Balaban J connectivity index is 3.72. The van der Waals surface area contributed by atoms with E-state index in [2.05, 4.69) is 0 Å². The summed E-state index contributed by atoms with van der Waals surface area (Å²) in [5.41, 5.74) is 0.810. The number of allylic oxidation sites excluding steroid dienone is 1. The Kier molecular flexibility index (Phi) is 3.91. The second-order valence-corrected chi connectivity index (χ2v) is 2.39. The fraction of sp³-hybridized carbons (Fsp3) is 0.500. The van der Waals surface area contributed by atoms with Gasteiger partial charge in [-0.15, -0.1) is 11.6 Å². The third-order valence-electron chi connectivity index (χ3n) is 0.523. The molecule has 0 aliphatic heterocycles. The molecular weight excluding hydrogens is 154 g/mol. The first-order chi connectivity index (χ1) is 3.18. The fourth-order valence-corrected chi connectivity index (χ4v) is 0.455. The molecule has 0 aromatic carbocycles. The van der Waals surface area contributed by atoms with Gasteiger partial charge in [0, 0.05) is 5.88 Å². The van der Waals surface area contributed by atoms with Crippen molar-refractivity contribution in [3.8, 4) is 0 Å². The predicted octanol–water partition coefficient (Wildman–Crippen LogP) is 2.93. The molecule has 0 N–H and O–H groups in total. The second-order valence-electron chi connectivity index (χ2n) is 1.17. The average molecular weight is 159 g/mol. The van der Waals surface area contributed by atoms with E-state index in [9.17, 15) is 0 Å². The lowest BCUT2D eigenvalue weighted by molar-refractivity contribution is 1.41. The topological polar surface area (TPSA) is 0 Å². The highest BCUT2D eigenvalue weighted by atomic mass is 35.5. The quantitative estimate of drug-likeness (QED) is 0.516. The molecule has 0 heterocycles. The highest BCUT2D eigenvalue weighted by molar-refractivity contribution is 6.56. The van der Waals surface area contributed by atoms with Gasteiger partial charge >= 0.3 is 0 Å². The van der Waals surface area contributed by atoms with E-state index < -0.39 is 0 Å². The van der Waals surface area contributed by atoms with Gasteiger partial charge in [-0.1, -0.05) is 23.2 Å². The molecule has 7 heavy (non-hydrogen) atoms. The van der Waals surface area contributed by atoms with Crippen LogP contribution in [0, 0.1) is 0 Å². The number of alkyl halides is 1. The first-order valence-electron chi connectivity index (χ1n) is 1.75. The molecule has 0 bridgehead atoms. The molecule has 0 radical (unpaired) electrons. The van der Waals surface area contributed by atoms with Crippen molar-refractivity contribution in [3.63, 3.8) is 0 Å². The van der Waals surface area contributed by atoms with E-state index in [-0.39, 0.29) is 4.49 Å². The molecule has 0 saturated heterocycles. The summed E-state index contributed by atoms with van der Waals surface area (Å²) in [4.78, 5) is 0. The van der Waals surface area contributed by atoms with Crippen LogP contribution in [-0.4, -0.2) is 5.88 Å². The van der Waals surface area contributed by atoms with Crippen LogP contribution in [0.3, 0.4) is 0 Å². The van der Waals surface area contributed by atoms with E-state index in [4.69, 9.17) is 34.8 Å². The Morgan fingerprint density at radius 3 is 1.86 bits per heavy atom. The standard InChI is InChI=1S/C4H5Cl3/c1-3(2-5)4(6)7/h2H2,1H3. The monoisotopic (exact) mass is 158 g/mol. The van der Waals surface area contributed by atoms with Crippen molar-refractivity contribution >= 4 is 34.8 Å². The van der Waals surface area contributed by atoms with Gasteiger partial charge in [0.2, 0.25) is 0 Å². The summed E-state index contributed by atoms with van der Waals surface area (Å²) in [5, 5.41) is 0. The zero-order valence-corrected chi connectivity index (χ0v) is 6.11. The number of hydrogen-bond acceptors (Lipinski definition) is 0. The molecule has 0 amide bonds.